The highest BCUT2D eigenvalue weighted by Gasteiger charge is 2.44. The molecule has 0 atom stereocenters. The van der Waals surface area contributed by atoms with E-state index < -0.39 is 0 Å². The van der Waals surface area contributed by atoms with Gasteiger partial charge in [-0.05, 0) is 46.4 Å². The third kappa shape index (κ3) is 1.61. The predicted molar refractivity (Wildman–Crippen MR) is 62.7 cm³/mol. The van der Waals surface area contributed by atoms with Crippen molar-refractivity contribution in [2.24, 2.45) is 0 Å². The molecular formula is C8H12OS4. The number of fused-ring (bicyclic) bond motifs is 1. The summed E-state index contributed by atoms with van der Waals surface area (Å²) in [4.78, 5) is 2.82. The fourth-order valence-corrected chi connectivity index (χ4v) is 9.04. The van der Waals surface area contributed by atoms with Crippen molar-refractivity contribution in [3.63, 3.8) is 0 Å². The average Bonchev–Trinajstić information content (AvgIpc) is 2.20. The first kappa shape index (κ1) is 10.1. The first-order valence-corrected chi connectivity index (χ1v) is 8.88. The summed E-state index contributed by atoms with van der Waals surface area (Å²) in [5, 5.41) is 0. The Kier molecular flexibility index (Phi) is 2.36. The Balaban J connectivity index is 2.64. The summed E-state index contributed by atoms with van der Waals surface area (Å²) in [6, 6.07) is 0. The Hall–Kier alpha value is 0.580. The summed E-state index contributed by atoms with van der Waals surface area (Å²) in [6.07, 6.45) is 0. The highest BCUT2D eigenvalue weighted by atomic mass is 33.4. The average molecular weight is 252 g/mol. The van der Waals surface area contributed by atoms with Crippen molar-refractivity contribution in [2.45, 2.75) is 38.9 Å². The summed E-state index contributed by atoms with van der Waals surface area (Å²) < 4.78 is 6.04. The number of hydrogen-bond donors (Lipinski definition) is 0. The molecule has 13 heavy (non-hydrogen) atoms. The number of ether oxygens (including phenoxy) is 1. The van der Waals surface area contributed by atoms with Crippen molar-refractivity contribution in [3.05, 3.63) is 9.75 Å². The molecule has 1 aromatic heterocycles. The Morgan fingerprint density at radius 1 is 0.846 bits per heavy atom. The topological polar surface area (TPSA) is 9.23 Å². The molecule has 2 heterocycles. The highest BCUT2D eigenvalue weighted by molar-refractivity contribution is 8.07. The molecule has 0 radical (unpaired) electrons. The SMILES string of the molecule is CC1(C)OC(C)(C)c2ssssc21. The molecule has 0 fully saturated rings. The normalized spacial score (nSPS) is 22.8. The minimum absolute atomic E-state index is 0.0928. The summed E-state index contributed by atoms with van der Waals surface area (Å²) >= 11 is 0. The van der Waals surface area contributed by atoms with Crippen LogP contribution in [0.15, 0.2) is 0 Å². The van der Waals surface area contributed by atoms with Crippen LogP contribution in [0, 0.1) is 0 Å². The molecule has 1 nitrogen and oxygen atoms in total. The van der Waals surface area contributed by atoms with E-state index in [2.05, 4.69) is 27.7 Å². The summed E-state index contributed by atoms with van der Waals surface area (Å²) in [6.45, 7) is 8.62. The molecule has 0 N–H and O–H groups in total. The smallest absolute Gasteiger partial charge is 0.0999 e. The van der Waals surface area contributed by atoms with Crippen LogP contribution in [0.1, 0.15) is 37.4 Å². The Morgan fingerprint density at radius 2 is 1.23 bits per heavy atom. The molecule has 74 valence electrons. The molecule has 0 unspecified atom stereocenters. The van der Waals surface area contributed by atoms with Crippen LogP contribution in [0.2, 0.25) is 0 Å². The summed E-state index contributed by atoms with van der Waals surface area (Å²) in [7, 11) is 7.38. The van der Waals surface area contributed by atoms with Crippen molar-refractivity contribution in [1.82, 2.24) is 0 Å². The van der Waals surface area contributed by atoms with E-state index >= 15 is 0 Å². The van der Waals surface area contributed by atoms with Gasteiger partial charge in [0.05, 0.1) is 21.0 Å². The molecule has 1 aromatic rings. The summed E-state index contributed by atoms with van der Waals surface area (Å²) in [5.41, 5.74) is -0.186. The van der Waals surface area contributed by atoms with E-state index in [1.54, 1.807) is 0 Å². The second-order valence-corrected chi connectivity index (χ2v) is 9.77. The maximum absolute atomic E-state index is 6.04. The van der Waals surface area contributed by atoms with Gasteiger partial charge >= 0.3 is 0 Å². The maximum atomic E-state index is 6.04. The second-order valence-electron chi connectivity index (χ2n) is 4.08. The first-order chi connectivity index (χ1) is 5.93. The van der Waals surface area contributed by atoms with Crippen LogP contribution < -0.4 is 0 Å². The minimum Gasteiger partial charge on any atom is -0.358 e. The Morgan fingerprint density at radius 3 is 1.62 bits per heavy atom. The van der Waals surface area contributed by atoms with Crippen molar-refractivity contribution < 1.29 is 4.74 Å². The fraction of sp³-hybridized carbons (Fsp3) is 0.750. The van der Waals surface area contributed by atoms with E-state index in [4.69, 9.17) is 4.74 Å². The van der Waals surface area contributed by atoms with Gasteiger partial charge in [-0.15, -0.1) is 0 Å². The lowest BCUT2D eigenvalue weighted by atomic mass is 10.1. The van der Waals surface area contributed by atoms with Gasteiger partial charge in [0.2, 0.25) is 0 Å². The van der Waals surface area contributed by atoms with E-state index in [9.17, 15) is 0 Å². The van der Waals surface area contributed by atoms with Gasteiger partial charge in [-0.2, -0.15) is 0 Å². The molecule has 0 saturated heterocycles. The van der Waals surface area contributed by atoms with Gasteiger partial charge in [-0.1, -0.05) is 20.7 Å². The molecule has 0 bridgehead atoms. The number of hydrogen-bond acceptors (Lipinski definition) is 5. The van der Waals surface area contributed by atoms with Crippen LogP contribution in [0.4, 0.5) is 0 Å². The monoisotopic (exact) mass is 252 g/mol. The van der Waals surface area contributed by atoms with E-state index in [1.807, 2.05) is 39.4 Å². The van der Waals surface area contributed by atoms with Gasteiger partial charge in [0.25, 0.3) is 0 Å². The standard InChI is InChI=1S/C8H12OS4/c1-7(2)5-6(8(3,4)9-7)11-13-12-10-5/h1-4H3. The van der Waals surface area contributed by atoms with Crippen molar-refractivity contribution >= 4 is 39.4 Å². The van der Waals surface area contributed by atoms with Gasteiger partial charge < -0.3 is 4.74 Å². The maximum Gasteiger partial charge on any atom is 0.0999 e. The zero-order valence-corrected chi connectivity index (χ0v) is 11.3. The van der Waals surface area contributed by atoms with Gasteiger partial charge in [-0.25, -0.2) is 0 Å². The lowest BCUT2D eigenvalue weighted by Gasteiger charge is -2.23. The second kappa shape index (κ2) is 3.03. The van der Waals surface area contributed by atoms with E-state index in [-0.39, 0.29) is 11.2 Å². The molecular weight excluding hydrogens is 240 g/mol. The lowest BCUT2D eigenvalue weighted by molar-refractivity contribution is -0.103. The van der Waals surface area contributed by atoms with Crippen molar-refractivity contribution in [2.75, 3.05) is 0 Å². The molecule has 0 amide bonds. The molecule has 1 aliphatic rings. The van der Waals surface area contributed by atoms with Crippen molar-refractivity contribution in [1.29, 1.82) is 0 Å². The van der Waals surface area contributed by atoms with Crippen LogP contribution in [0.25, 0.3) is 0 Å². The van der Waals surface area contributed by atoms with E-state index in [0.29, 0.717) is 0 Å². The largest absolute Gasteiger partial charge is 0.358 e. The highest BCUT2D eigenvalue weighted by Crippen LogP contribution is 2.51. The van der Waals surface area contributed by atoms with Crippen molar-refractivity contribution in [3.8, 4) is 0 Å². The molecule has 2 rings (SSSR count). The predicted octanol–water partition coefficient (Wildman–Crippen LogP) is 4.56. The van der Waals surface area contributed by atoms with E-state index in [1.165, 1.54) is 9.75 Å². The Labute approximate surface area is 92.5 Å². The molecule has 0 spiro atoms. The summed E-state index contributed by atoms with van der Waals surface area (Å²) in [5.74, 6) is 0. The first-order valence-electron chi connectivity index (χ1n) is 4.07. The van der Waals surface area contributed by atoms with Crippen LogP contribution in [-0.2, 0) is 15.9 Å². The minimum atomic E-state index is -0.0928. The molecule has 5 heteroatoms. The molecule has 1 aliphatic heterocycles. The molecule has 0 saturated carbocycles. The van der Waals surface area contributed by atoms with Crippen LogP contribution in [-0.4, -0.2) is 0 Å². The third-order valence-corrected chi connectivity index (χ3v) is 8.92. The quantitative estimate of drug-likeness (QED) is 0.615. The zero-order valence-electron chi connectivity index (χ0n) is 8.04. The lowest BCUT2D eigenvalue weighted by Crippen LogP contribution is -2.22. The molecule has 0 aliphatic carbocycles. The zero-order chi connectivity index (χ0) is 9.69. The van der Waals surface area contributed by atoms with Gasteiger partial charge in [0.15, 0.2) is 0 Å². The van der Waals surface area contributed by atoms with Crippen LogP contribution in [0.3, 0.4) is 0 Å². The van der Waals surface area contributed by atoms with Crippen LogP contribution >= 0.6 is 39.4 Å². The molecule has 0 aromatic carbocycles. The number of rotatable bonds is 0. The van der Waals surface area contributed by atoms with Gasteiger partial charge in [-0.3, -0.25) is 0 Å². The van der Waals surface area contributed by atoms with Gasteiger partial charge in [0, 0.05) is 0 Å². The Bertz CT molecular complexity index is 315. The van der Waals surface area contributed by atoms with Crippen LogP contribution in [0.5, 0.6) is 0 Å². The third-order valence-electron chi connectivity index (χ3n) is 2.07. The van der Waals surface area contributed by atoms with Gasteiger partial charge in [0.1, 0.15) is 0 Å². The fourth-order valence-electron chi connectivity index (χ4n) is 1.65. The van der Waals surface area contributed by atoms with E-state index in [0.717, 1.165) is 0 Å².